The van der Waals surface area contributed by atoms with Gasteiger partial charge in [0.1, 0.15) is 0 Å². The molecule has 4 rings (SSSR count). The van der Waals surface area contributed by atoms with E-state index in [9.17, 15) is 4.79 Å². The van der Waals surface area contributed by atoms with Gasteiger partial charge in [-0.15, -0.1) is 0 Å². The molecule has 3 aromatic rings. The van der Waals surface area contributed by atoms with Gasteiger partial charge >= 0.3 is 0 Å². The largest absolute Gasteiger partial charge is 0.288 e. The van der Waals surface area contributed by atoms with Crippen molar-refractivity contribution in [2.75, 3.05) is 11.4 Å². The fraction of sp³-hybridized carbons (Fsp3) is 0.158. The second kappa shape index (κ2) is 6.49. The van der Waals surface area contributed by atoms with E-state index in [1.807, 2.05) is 18.2 Å². The molecule has 0 bridgehead atoms. The van der Waals surface area contributed by atoms with Gasteiger partial charge in [-0.1, -0.05) is 65.9 Å². The summed E-state index contributed by atoms with van der Waals surface area (Å²) in [6.45, 7) is 0.769. The minimum Gasteiger partial charge on any atom is -0.288 e. The molecule has 3 nitrogen and oxygen atoms in total. The van der Waals surface area contributed by atoms with Crippen LogP contribution in [-0.4, -0.2) is 17.4 Å². The number of rotatable bonds is 3. The van der Waals surface area contributed by atoms with Crippen LogP contribution in [0.15, 0.2) is 58.4 Å². The van der Waals surface area contributed by atoms with Gasteiger partial charge in [0, 0.05) is 18.5 Å². The molecule has 1 amide bonds. The molecule has 0 radical (unpaired) electrons. The van der Waals surface area contributed by atoms with Crippen LogP contribution < -0.4 is 4.90 Å². The number of hydrogen-bond donors (Lipinski definition) is 0. The van der Waals surface area contributed by atoms with Gasteiger partial charge in [-0.25, -0.2) is 4.98 Å². The van der Waals surface area contributed by atoms with Crippen LogP contribution in [0, 0.1) is 0 Å². The normalized spacial score (nSPS) is 14.4. The van der Waals surface area contributed by atoms with Gasteiger partial charge in [-0.3, -0.25) is 9.69 Å². The van der Waals surface area contributed by atoms with Gasteiger partial charge in [-0.05, 0) is 33.5 Å². The molecule has 1 aliphatic rings. The number of hydrogen-bond acceptors (Lipinski definition) is 3. The van der Waals surface area contributed by atoms with Gasteiger partial charge < -0.3 is 0 Å². The summed E-state index contributed by atoms with van der Waals surface area (Å²) in [5.74, 6) is 0.169. The van der Waals surface area contributed by atoms with E-state index < -0.39 is 0 Å². The van der Waals surface area contributed by atoms with Crippen molar-refractivity contribution in [1.29, 1.82) is 0 Å². The lowest BCUT2D eigenvalue weighted by molar-refractivity contribution is -0.117. The van der Waals surface area contributed by atoms with Crippen molar-refractivity contribution in [3.8, 4) is 22.4 Å². The second-order valence-corrected chi connectivity index (χ2v) is 8.01. The lowest BCUT2D eigenvalue weighted by Gasteiger charge is -2.10. The maximum absolute atomic E-state index is 11.9. The van der Waals surface area contributed by atoms with Gasteiger partial charge in [0.25, 0.3) is 0 Å². The van der Waals surface area contributed by atoms with Crippen LogP contribution in [0.3, 0.4) is 0 Å². The maximum Gasteiger partial charge on any atom is 0.228 e. The molecule has 0 N–H and O–H groups in total. The minimum atomic E-state index is 0.169. The van der Waals surface area contributed by atoms with Crippen LogP contribution in [-0.2, 0) is 4.79 Å². The average molecular weight is 399 g/mol. The first kappa shape index (κ1) is 15.5. The van der Waals surface area contributed by atoms with E-state index in [1.54, 1.807) is 4.90 Å². The number of anilines is 1. The van der Waals surface area contributed by atoms with Crippen molar-refractivity contribution in [2.45, 2.75) is 12.8 Å². The predicted molar refractivity (Wildman–Crippen MR) is 102 cm³/mol. The molecule has 1 fully saturated rings. The molecule has 120 valence electrons. The van der Waals surface area contributed by atoms with Crippen molar-refractivity contribution in [2.24, 2.45) is 0 Å². The first-order valence-electron chi connectivity index (χ1n) is 7.85. The summed E-state index contributed by atoms with van der Waals surface area (Å²) >= 11 is 5.12. The Bertz CT molecular complexity index is 874. The second-order valence-electron chi connectivity index (χ2n) is 5.71. The summed E-state index contributed by atoms with van der Waals surface area (Å²) in [7, 11) is 0. The summed E-state index contributed by atoms with van der Waals surface area (Å²) in [4.78, 5) is 18.4. The maximum atomic E-state index is 11.9. The third-order valence-corrected chi connectivity index (χ3v) is 5.87. The Balaban J connectivity index is 1.64. The van der Waals surface area contributed by atoms with Crippen molar-refractivity contribution in [3.63, 3.8) is 0 Å². The highest BCUT2D eigenvalue weighted by molar-refractivity contribution is 9.11. The number of nitrogens with zero attached hydrogens (tertiary/aromatic N) is 2. The zero-order valence-corrected chi connectivity index (χ0v) is 15.3. The number of thiazole rings is 1. The molecule has 2 aromatic carbocycles. The van der Waals surface area contributed by atoms with E-state index in [2.05, 4.69) is 52.3 Å². The standard InChI is InChI=1S/C19H15BrN2OS/c20-18-17(21-19(24-18)22-12-4-7-16(22)23)15-10-8-14(9-11-15)13-5-2-1-3-6-13/h1-3,5-6,8-11H,4,7,12H2. The van der Waals surface area contributed by atoms with Crippen LogP contribution in [0.2, 0.25) is 0 Å². The number of amides is 1. The van der Waals surface area contributed by atoms with Crippen LogP contribution in [0.5, 0.6) is 0 Å². The molecule has 0 spiro atoms. The molecule has 0 atom stereocenters. The monoisotopic (exact) mass is 398 g/mol. The summed E-state index contributed by atoms with van der Waals surface area (Å²) in [5.41, 5.74) is 4.33. The zero-order valence-electron chi connectivity index (χ0n) is 12.9. The first-order chi connectivity index (χ1) is 11.7. The Hall–Kier alpha value is -1.98. The Labute approximate surface area is 153 Å². The average Bonchev–Trinajstić information content (AvgIpc) is 3.21. The number of carbonyl (C=O) groups is 1. The number of benzene rings is 2. The Morgan fingerprint density at radius 2 is 1.62 bits per heavy atom. The van der Waals surface area contributed by atoms with Gasteiger partial charge in [-0.2, -0.15) is 0 Å². The topological polar surface area (TPSA) is 33.2 Å². The quantitative estimate of drug-likeness (QED) is 0.594. The fourth-order valence-electron chi connectivity index (χ4n) is 2.89. The number of halogens is 1. The van der Waals surface area contributed by atoms with Crippen molar-refractivity contribution >= 4 is 38.3 Å². The molecular formula is C19H15BrN2OS. The van der Waals surface area contributed by atoms with Crippen molar-refractivity contribution in [3.05, 3.63) is 58.4 Å². The summed E-state index contributed by atoms with van der Waals surface area (Å²) < 4.78 is 0.963. The SMILES string of the molecule is O=C1CCCN1c1nc(-c2ccc(-c3ccccc3)cc2)c(Br)s1. The van der Waals surface area contributed by atoms with Crippen LogP contribution >= 0.6 is 27.3 Å². The van der Waals surface area contributed by atoms with E-state index >= 15 is 0 Å². The van der Waals surface area contributed by atoms with Gasteiger partial charge in [0.2, 0.25) is 5.91 Å². The molecule has 1 saturated heterocycles. The third-order valence-electron chi connectivity index (χ3n) is 4.14. The molecule has 0 saturated carbocycles. The van der Waals surface area contributed by atoms with Crippen molar-refractivity contribution in [1.82, 2.24) is 4.98 Å². The van der Waals surface area contributed by atoms with Crippen LogP contribution in [0.1, 0.15) is 12.8 Å². The molecule has 24 heavy (non-hydrogen) atoms. The third kappa shape index (κ3) is 2.89. The summed E-state index contributed by atoms with van der Waals surface area (Å²) in [6.07, 6.45) is 1.54. The lowest BCUT2D eigenvalue weighted by Crippen LogP contribution is -2.23. The smallest absolute Gasteiger partial charge is 0.228 e. The molecule has 1 aliphatic heterocycles. The Morgan fingerprint density at radius 3 is 2.29 bits per heavy atom. The highest BCUT2D eigenvalue weighted by atomic mass is 79.9. The van der Waals surface area contributed by atoms with E-state index in [0.717, 1.165) is 33.1 Å². The minimum absolute atomic E-state index is 0.169. The van der Waals surface area contributed by atoms with E-state index in [1.165, 1.54) is 22.5 Å². The van der Waals surface area contributed by atoms with E-state index in [0.29, 0.717) is 6.42 Å². The van der Waals surface area contributed by atoms with Crippen molar-refractivity contribution < 1.29 is 4.79 Å². The van der Waals surface area contributed by atoms with Gasteiger partial charge in [0.05, 0.1) is 9.48 Å². The van der Waals surface area contributed by atoms with E-state index in [4.69, 9.17) is 4.98 Å². The van der Waals surface area contributed by atoms with Crippen LogP contribution in [0.4, 0.5) is 5.13 Å². The van der Waals surface area contributed by atoms with Gasteiger partial charge in [0.15, 0.2) is 5.13 Å². The first-order valence-corrected chi connectivity index (χ1v) is 9.46. The molecule has 0 aliphatic carbocycles. The van der Waals surface area contributed by atoms with Crippen LogP contribution in [0.25, 0.3) is 22.4 Å². The molecule has 5 heteroatoms. The summed E-state index contributed by atoms with van der Waals surface area (Å²) in [5, 5.41) is 0.784. The highest BCUT2D eigenvalue weighted by Crippen LogP contribution is 2.38. The Morgan fingerprint density at radius 1 is 0.958 bits per heavy atom. The summed E-state index contributed by atoms with van der Waals surface area (Å²) in [6, 6.07) is 18.7. The zero-order chi connectivity index (χ0) is 16.5. The molecule has 1 aromatic heterocycles. The number of carbonyl (C=O) groups excluding carboxylic acids is 1. The number of aromatic nitrogens is 1. The Kier molecular flexibility index (Phi) is 4.21. The molecule has 2 heterocycles. The molecule has 0 unspecified atom stereocenters. The highest BCUT2D eigenvalue weighted by Gasteiger charge is 2.25. The van der Waals surface area contributed by atoms with E-state index in [-0.39, 0.29) is 5.91 Å². The lowest BCUT2D eigenvalue weighted by atomic mass is 10.0. The predicted octanol–water partition coefficient (Wildman–Crippen LogP) is 5.37. The molecular weight excluding hydrogens is 384 g/mol. The fourth-order valence-corrected chi connectivity index (χ4v) is 4.50.